The molecule has 0 heterocycles. The molecule has 1 fully saturated rings. The predicted octanol–water partition coefficient (Wildman–Crippen LogP) is 3.76. The lowest BCUT2D eigenvalue weighted by molar-refractivity contribution is 0.389. The third kappa shape index (κ3) is 4.32. The summed E-state index contributed by atoms with van der Waals surface area (Å²) >= 11 is 0. The summed E-state index contributed by atoms with van der Waals surface area (Å²) in [5.74, 6) is 7.22. The summed E-state index contributed by atoms with van der Waals surface area (Å²) in [6.45, 7) is 4.47. The Morgan fingerprint density at radius 2 is 1.79 bits per heavy atom. The predicted molar refractivity (Wildman–Crippen MR) is 81.9 cm³/mol. The summed E-state index contributed by atoms with van der Waals surface area (Å²) in [6.07, 6.45) is 7.87. The molecule has 19 heavy (non-hydrogen) atoms. The SMILES string of the molecule is CC(C)c1ccc(CC(CC2CCCC2)NN)cc1. The Labute approximate surface area is 117 Å². The van der Waals surface area contributed by atoms with E-state index in [1.54, 1.807) is 0 Å². The van der Waals surface area contributed by atoms with E-state index in [2.05, 4.69) is 43.5 Å². The first-order chi connectivity index (χ1) is 9.19. The lowest BCUT2D eigenvalue weighted by atomic mass is 9.93. The van der Waals surface area contributed by atoms with Gasteiger partial charge in [0.25, 0.3) is 0 Å². The highest BCUT2D eigenvalue weighted by Crippen LogP contribution is 2.29. The van der Waals surface area contributed by atoms with Gasteiger partial charge in [-0.1, -0.05) is 63.8 Å². The molecular formula is C17H28N2. The topological polar surface area (TPSA) is 38.0 Å². The number of nitrogens with two attached hydrogens (primary N) is 1. The Kier molecular flexibility index (Phi) is 5.41. The molecule has 106 valence electrons. The van der Waals surface area contributed by atoms with Gasteiger partial charge in [-0.15, -0.1) is 0 Å². The van der Waals surface area contributed by atoms with Crippen molar-refractivity contribution in [2.45, 2.75) is 64.3 Å². The van der Waals surface area contributed by atoms with Crippen molar-refractivity contribution < 1.29 is 0 Å². The van der Waals surface area contributed by atoms with Gasteiger partial charge in [-0.3, -0.25) is 11.3 Å². The second-order valence-corrected chi connectivity index (χ2v) is 6.35. The van der Waals surface area contributed by atoms with E-state index < -0.39 is 0 Å². The molecule has 0 amide bonds. The van der Waals surface area contributed by atoms with Gasteiger partial charge >= 0.3 is 0 Å². The molecule has 0 aliphatic heterocycles. The van der Waals surface area contributed by atoms with Crippen LogP contribution in [0.5, 0.6) is 0 Å². The molecular weight excluding hydrogens is 232 g/mol. The van der Waals surface area contributed by atoms with Crippen LogP contribution in [0.25, 0.3) is 0 Å². The van der Waals surface area contributed by atoms with E-state index in [4.69, 9.17) is 5.84 Å². The number of hydrogen-bond acceptors (Lipinski definition) is 2. The van der Waals surface area contributed by atoms with Crippen LogP contribution in [0.2, 0.25) is 0 Å². The molecule has 1 atom stereocenters. The minimum absolute atomic E-state index is 0.424. The Morgan fingerprint density at radius 3 is 2.32 bits per heavy atom. The van der Waals surface area contributed by atoms with Gasteiger partial charge in [-0.05, 0) is 35.8 Å². The van der Waals surface area contributed by atoms with E-state index in [9.17, 15) is 0 Å². The second kappa shape index (κ2) is 7.06. The number of nitrogens with one attached hydrogen (secondary N) is 1. The van der Waals surface area contributed by atoms with Crippen LogP contribution in [-0.2, 0) is 6.42 Å². The smallest absolute Gasteiger partial charge is 0.0253 e. The van der Waals surface area contributed by atoms with Crippen LogP contribution in [0.1, 0.15) is 63.0 Å². The zero-order valence-electron chi connectivity index (χ0n) is 12.4. The minimum Gasteiger partial charge on any atom is -0.271 e. The van der Waals surface area contributed by atoms with Gasteiger partial charge < -0.3 is 0 Å². The molecule has 1 aromatic rings. The molecule has 0 spiro atoms. The molecule has 2 rings (SSSR count). The van der Waals surface area contributed by atoms with Crippen molar-refractivity contribution in [2.24, 2.45) is 11.8 Å². The average Bonchev–Trinajstić information content (AvgIpc) is 2.91. The van der Waals surface area contributed by atoms with Gasteiger partial charge in [0.15, 0.2) is 0 Å². The Hall–Kier alpha value is -0.860. The first-order valence-electron chi connectivity index (χ1n) is 7.74. The Morgan fingerprint density at radius 1 is 1.16 bits per heavy atom. The molecule has 0 aromatic heterocycles. The van der Waals surface area contributed by atoms with E-state index >= 15 is 0 Å². The van der Waals surface area contributed by atoms with E-state index in [-0.39, 0.29) is 0 Å². The van der Waals surface area contributed by atoms with Gasteiger partial charge in [-0.2, -0.15) is 0 Å². The largest absolute Gasteiger partial charge is 0.271 e. The molecule has 1 aromatic carbocycles. The van der Waals surface area contributed by atoms with Gasteiger partial charge in [0, 0.05) is 6.04 Å². The third-order valence-electron chi connectivity index (χ3n) is 4.46. The van der Waals surface area contributed by atoms with Crippen molar-refractivity contribution in [3.63, 3.8) is 0 Å². The molecule has 2 heteroatoms. The maximum Gasteiger partial charge on any atom is 0.0253 e. The summed E-state index contributed by atoms with van der Waals surface area (Å²) in [4.78, 5) is 0. The van der Waals surface area contributed by atoms with Gasteiger partial charge in [0.2, 0.25) is 0 Å². The number of benzene rings is 1. The fourth-order valence-corrected chi connectivity index (χ4v) is 3.18. The molecule has 0 saturated heterocycles. The highest BCUT2D eigenvalue weighted by molar-refractivity contribution is 5.25. The molecule has 0 bridgehead atoms. The molecule has 0 radical (unpaired) electrons. The first-order valence-corrected chi connectivity index (χ1v) is 7.74. The molecule has 3 N–H and O–H groups in total. The van der Waals surface area contributed by atoms with Crippen molar-refractivity contribution >= 4 is 0 Å². The number of hydrogen-bond donors (Lipinski definition) is 2. The van der Waals surface area contributed by atoms with E-state index in [1.165, 1.54) is 43.2 Å². The van der Waals surface area contributed by atoms with Gasteiger partial charge in [0.05, 0.1) is 0 Å². The summed E-state index contributed by atoms with van der Waals surface area (Å²) in [5.41, 5.74) is 5.82. The Balaban J connectivity index is 1.89. The quantitative estimate of drug-likeness (QED) is 0.603. The highest BCUT2D eigenvalue weighted by atomic mass is 15.2. The van der Waals surface area contributed by atoms with Crippen LogP contribution in [-0.4, -0.2) is 6.04 Å². The zero-order valence-corrected chi connectivity index (χ0v) is 12.4. The van der Waals surface area contributed by atoms with Crippen LogP contribution < -0.4 is 11.3 Å². The minimum atomic E-state index is 0.424. The maximum absolute atomic E-state index is 5.73. The number of rotatable bonds is 6. The molecule has 2 nitrogen and oxygen atoms in total. The standard InChI is InChI=1S/C17H28N2/c1-13(2)16-9-7-15(8-10-16)12-17(19-18)11-14-5-3-4-6-14/h7-10,13-14,17,19H,3-6,11-12,18H2,1-2H3. The zero-order chi connectivity index (χ0) is 13.7. The monoisotopic (exact) mass is 260 g/mol. The summed E-state index contributed by atoms with van der Waals surface area (Å²) in [7, 11) is 0. The highest BCUT2D eigenvalue weighted by Gasteiger charge is 2.19. The normalized spacial score (nSPS) is 18.1. The molecule has 1 saturated carbocycles. The molecule has 1 aliphatic carbocycles. The molecule has 1 unspecified atom stereocenters. The van der Waals surface area contributed by atoms with Crippen LogP contribution in [0.3, 0.4) is 0 Å². The second-order valence-electron chi connectivity index (χ2n) is 6.35. The number of hydrazine groups is 1. The van der Waals surface area contributed by atoms with Gasteiger partial charge in [-0.25, -0.2) is 0 Å². The molecule has 1 aliphatic rings. The summed E-state index contributed by atoms with van der Waals surface area (Å²) in [6, 6.07) is 9.45. The van der Waals surface area contributed by atoms with Crippen LogP contribution in [0, 0.1) is 5.92 Å². The summed E-state index contributed by atoms with van der Waals surface area (Å²) in [5, 5.41) is 0. The van der Waals surface area contributed by atoms with E-state index in [0.717, 1.165) is 12.3 Å². The fraction of sp³-hybridized carbons (Fsp3) is 0.647. The van der Waals surface area contributed by atoms with Crippen LogP contribution in [0.4, 0.5) is 0 Å². The fourth-order valence-electron chi connectivity index (χ4n) is 3.18. The first kappa shape index (κ1) is 14.5. The van der Waals surface area contributed by atoms with Gasteiger partial charge in [0.1, 0.15) is 0 Å². The lowest BCUT2D eigenvalue weighted by Crippen LogP contribution is -2.38. The van der Waals surface area contributed by atoms with E-state index in [1.807, 2.05) is 0 Å². The third-order valence-corrected chi connectivity index (χ3v) is 4.46. The van der Waals surface area contributed by atoms with Crippen molar-refractivity contribution in [1.82, 2.24) is 5.43 Å². The lowest BCUT2D eigenvalue weighted by Gasteiger charge is -2.20. The average molecular weight is 260 g/mol. The van der Waals surface area contributed by atoms with Crippen molar-refractivity contribution in [3.05, 3.63) is 35.4 Å². The van der Waals surface area contributed by atoms with Crippen molar-refractivity contribution in [1.29, 1.82) is 0 Å². The van der Waals surface area contributed by atoms with E-state index in [0.29, 0.717) is 12.0 Å². The maximum atomic E-state index is 5.73. The summed E-state index contributed by atoms with van der Waals surface area (Å²) < 4.78 is 0. The van der Waals surface area contributed by atoms with Crippen molar-refractivity contribution in [3.8, 4) is 0 Å². The van der Waals surface area contributed by atoms with Crippen molar-refractivity contribution in [2.75, 3.05) is 0 Å². The van der Waals surface area contributed by atoms with Crippen LogP contribution in [0.15, 0.2) is 24.3 Å². The van der Waals surface area contributed by atoms with Crippen LogP contribution >= 0.6 is 0 Å². The Bertz CT molecular complexity index is 363.